The Morgan fingerprint density at radius 1 is 1.41 bits per heavy atom. The molecule has 1 aromatic rings. The van der Waals surface area contributed by atoms with E-state index in [-0.39, 0.29) is 12.5 Å². The fourth-order valence-electron chi connectivity index (χ4n) is 1.44. The molecule has 0 spiro atoms. The van der Waals surface area contributed by atoms with Crippen LogP contribution in [0.15, 0.2) is 18.3 Å². The number of carbonyl (C=O) groups is 1. The van der Waals surface area contributed by atoms with Crippen LogP contribution in [0.2, 0.25) is 0 Å². The summed E-state index contributed by atoms with van der Waals surface area (Å²) in [5.74, 6) is -0.186. The quantitative estimate of drug-likeness (QED) is 0.619. The Balaban J connectivity index is 2.40. The highest BCUT2D eigenvalue weighted by atomic mass is 16.2. The van der Waals surface area contributed by atoms with E-state index in [1.54, 1.807) is 19.3 Å². The number of hydrogen-bond donors (Lipinski definition) is 3. The number of unbranched alkanes of at least 4 members (excludes halogenated alkanes) is 2. The lowest BCUT2D eigenvalue weighted by Gasteiger charge is -2.07. The molecule has 1 heterocycles. The molecular weight excluding hydrogens is 218 g/mol. The number of aliphatic hydroxyl groups excluding tert-OH is 1. The number of pyridine rings is 1. The Labute approximate surface area is 101 Å². The summed E-state index contributed by atoms with van der Waals surface area (Å²) < 4.78 is 0. The number of rotatable bonds is 7. The van der Waals surface area contributed by atoms with Crippen molar-refractivity contribution >= 4 is 11.6 Å². The molecule has 1 rings (SSSR count). The van der Waals surface area contributed by atoms with Gasteiger partial charge in [0.05, 0.1) is 0 Å². The number of anilines is 1. The van der Waals surface area contributed by atoms with E-state index in [0.717, 1.165) is 31.5 Å². The average Bonchev–Trinajstić information content (AvgIpc) is 2.38. The van der Waals surface area contributed by atoms with Crippen LogP contribution in [0.25, 0.3) is 0 Å². The minimum Gasteiger partial charge on any atom is -0.396 e. The SMILES string of the molecule is CNC(=O)c1cc(NCCCCCO)ccn1. The summed E-state index contributed by atoms with van der Waals surface area (Å²) >= 11 is 0. The van der Waals surface area contributed by atoms with E-state index in [9.17, 15) is 4.79 Å². The van der Waals surface area contributed by atoms with Crippen LogP contribution in [-0.2, 0) is 0 Å². The summed E-state index contributed by atoms with van der Waals surface area (Å²) in [5, 5.41) is 14.4. The maximum atomic E-state index is 11.4. The number of amides is 1. The molecule has 1 aromatic heterocycles. The zero-order valence-electron chi connectivity index (χ0n) is 10.1. The molecule has 17 heavy (non-hydrogen) atoms. The third kappa shape index (κ3) is 4.82. The lowest BCUT2D eigenvalue weighted by Crippen LogP contribution is -2.19. The average molecular weight is 237 g/mol. The van der Waals surface area contributed by atoms with Gasteiger partial charge in [0.1, 0.15) is 5.69 Å². The third-order valence-corrected chi connectivity index (χ3v) is 2.38. The molecule has 0 radical (unpaired) electrons. The van der Waals surface area contributed by atoms with Crippen LogP contribution >= 0.6 is 0 Å². The van der Waals surface area contributed by atoms with Gasteiger partial charge < -0.3 is 15.7 Å². The monoisotopic (exact) mass is 237 g/mol. The van der Waals surface area contributed by atoms with Crippen LogP contribution in [0.3, 0.4) is 0 Å². The molecule has 0 unspecified atom stereocenters. The van der Waals surface area contributed by atoms with E-state index in [4.69, 9.17) is 5.11 Å². The Kier molecular flexibility index (Phi) is 6.03. The van der Waals surface area contributed by atoms with Gasteiger partial charge in [-0.05, 0) is 31.4 Å². The largest absolute Gasteiger partial charge is 0.396 e. The maximum Gasteiger partial charge on any atom is 0.269 e. The van der Waals surface area contributed by atoms with E-state index in [1.165, 1.54) is 0 Å². The minimum absolute atomic E-state index is 0.186. The van der Waals surface area contributed by atoms with Crippen molar-refractivity contribution in [2.24, 2.45) is 0 Å². The first kappa shape index (κ1) is 13.4. The van der Waals surface area contributed by atoms with Crippen LogP contribution in [0.5, 0.6) is 0 Å². The fraction of sp³-hybridized carbons (Fsp3) is 0.500. The van der Waals surface area contributed by atoms with Crippen LogP contribution in [0, 0.1) is 0 Å². The van der Waals surface area contributed by atoms with E-state index in [2.05, 4.69) is 15.6 Å². The van der Waals surface area contributed by atoms with E-state index in [1.807, 2.05) is 6.07 Å². The summed E-state index contributed by atoms with van der Waals surface area (Å²) in [6.45, 7) is 1.08. The molecule has 94 valence electrons. The third-order valence-electron chi connectivity index (χ3n) is 2.38. The summed E-state index contributed by atoms with van der Waals surface area (Å²) in [7, 11) is 1.58. The van der Waals surface area contributed by atoms with Crippen molar-refractivity contribution < 1.29 is 9.90 Å². The van der Waals surface area contributed by atoms with Gasteiger partial charge in [0.25, 0.3) is 5.91 Å². The van der Waals surface area contributed by atoms with E-state index in [0.29, 0.717) is 5.69 Å². The van der Waals surface area contributed by atoms with Gasteiger partial charge in [0, 0.05) is 32.1 Å². The Hall–Kier alpha value is -1.62. The molecule has 1 amide bonds. The molecule has 0 atom stereocenters. The first-order valence-electron chi connectivity index (χ1n) is 5.81. The van der Waals surface area contributed by atoms with E-state index >= 15 is 0 Å². The number of nitrogens with zero attached hydrogens (tertiary/aromatic N) is 1. The molecule has 0 bridgehead atoms. The van der Waals surface area contributed by atoms with Gasteiger partial charge in [-0.1, -0.05) is 0 Å². The Morgan fingerprint density at radius 2 is 2.24 bits per heavy atom. The predicted octanol–water partition coefficient (Wildman–Crippen LogP) is 1.02. The van der Waals surface area contributed by atoms with Crippen molar-refractivity contribution in [3.63, 3.8) is 0 Å². The molecule has 0 saturated heterocycles. The van der Waals surface area contributed by atoms with Crippen molar-refractivity contribution in [2.45, 2.75) is 19.3 Å². The molecule has 0 aromatic carbocycles. The molecular formula is C12H19N3O2. The predicted molar refractivity (Wildman–Crippen MR) is 67.1 cm³/mol. The van der Waals surface area contributed by atoms with Gasteiger partial charge in [-0.3, -0.25) is 9.78 Å². The maximum absolute atomic E-state index is 11.4. The second-order valence-corrected chi connectivity index (χ2v) is 3.72. The van der Waals surface area contributed by atoms with Crippen molar-refractivity contribution in [3.05, 3.63) is 24.0 Å². The summed E-state index contributed by atoms with van der Waals surface area (Å²) in [6.07, 6.45) is 4.44. The van der Waals surface area contributed by atoms with Gasteiger partial charge in [-0.15, -0.1) is 0 Å². The smallest absolute Gasteiger partial charge is 0.269 e. The van der Waals surface area contributed by atoms with Gasteiger partial charge in [0.2, 0.25) is 0 Å². The van der Waals surface area contributed by atoms with Crippen molar-refractivity contribution in [1.29, 1.82) is 0 Å². The first-order valence-corrected chi connectivity index (χ1v) is 5.81. The molecule has 0 fully saturated rings. The van der Waals surface area contributed by atoms with Crippen molar-refractivity contribution in [2.75, 3.05) is 25.5 Å². The zero-order valence-corrected chi connectivity index (χ0v) is 10.1. The second-order valence-electron chi connectivity index (χ2n) is 3.72. The standard InChI is InChI=1S/C12H19N3O2/c1-13-12(17)11-9-10(5-7-15-11)14-6-3-2-4-8-16/h5,7,9,16H,2-4,6,8H2,1H3,(H,13,17)(H,14,15). The number of aromatic nitrogens is 1. The first-order chi connectivity index (χ1) is 8.27. The van der Waals surface area contributed by atoms with Crippen LogP contribution < -0.4 is 10.6 Å². The van der Waals surface area contributed by atoms with Crippen molar-refractivity contribution in [3.8, 4) is 0 Å². The highest BCUT2D eigenvalue weighted by molar-refractivity contribution is 5.92. The Morgan fingerprint density at radius 3 is 2.94 bits per heavy atom. The lowest BCUT2D eigenvalue weighted by molar-refractivity contribution is 0.0958. The molecule has 5 nitrogen and oxygen atoms in total. The number of hydrogen-bond acceptors (Lipinski definition) is 4. The summed E-state index contributed by atoms with van der Waals surface area (Å²) in [5.41, 5.74) is 1.30. The molecule has 0 aliphatic rings. The van der Waals surface area contributed by atoms with Gasteiger partial charge in [-0.25, -0.2) is 0 Å². The second kappa shape index (κ2) is 7.62. The molecule has 0 saturated carbocycles. The fourth-order valence-corrected chi connectivity index (χ4v) is 1.44. The van der Waals surface area contributed by atoms with E-state index < -0.39 is 0 Å². The number of carbonyl (C=O) groups excluding carboxylic acids is 1. The summed E-state index contributed by atoms with van der Waals surface area (Å²) in [4.78, 5) is 15.3. The molecule has 0 aliphatic carbocycles. The molecule has 3 N–H and O–H groups in total. The summed E-state index contributed by atoms with van der Waals surface area (Å²) in [6, 6.07) is 3.56. The highest BCUT2D eigenvalue weighted by Crippen LogP contribution is 2.08. The van der Waals surface area contributed by atoms with Crippen LogP contribution in [-0.4, -0.2) is 36.2 Å². The van der Waals surface area contributed by atoms with Gasteiger partial charge >= 0.3 is 0 Å². The minimum atomic E-state index is -0.186. The molecule has 5 heteroatoms. The zero-order chi connectivity index (χ0) is 12.5. The Bertz CT molecular complexity index is 355. The van der Waals surface area contributed by atoms with Crippen LogP contribution in [0.1, 0.15) is 29.8 Å². The lowest BCUT2D eigenvalue weighted by atomic mass is 10.2. The topological polar surface area (TPSA) is 74.2 Å². The highest BCUT2D eigenvalue weighted by Gasteiger charge is 2.04. The van der Waals surface area contributed by atoms with Crippen molar-refractivity contribution in [1.82, 2.24) is 10.3 Å². The van der Waals surface area contributed by atoms with Gasteiger partial charge in [-0.2, -0.15) is 0 Å². The number of aliphatic hydroxyl groups is 1. The normalized spacial score (nSPS) is 10.0. The molecule has 0 aliphatic heterocycles. The van der Waals surface area contributed by atoms with Gasteiger partial charge in [0.15, 0.2) is 0 Å². The van der Waals surface area contributed by atoms with Crippen LogP contribution in [0.4, 0.5) is 5.69 Å². The number of nitrogens with one attached hydrogen (secondary N) is 2.